The lowest BCUT2D eigenvalue weighted by Crippen LogP contribution is -2.41. The summed E-state index contributed by atoms with van der Waals surface area (Å²) in [6.07, 6.45) is 0.471. The van der Waals surface area contributed by atoms with Crippen molar-refractivity contribution in [2.45, 2.75) is 18.3 Å². The quantitative estimate of drug-likeness (QED) is 0.825. The van der Waals surface area contributed by atoms with Crippen molar-refractivity contribution in [1.82, 2.24) is 0 Å². The second-order valence-electron chi connectivity index (χ2n) is 4.14. The third kappa shape index (κ3) is 1.86. The van der Waals surface area contributed by atoms with Gasteiger partial charge in [-0.15, -0.1) is 0 Å². The van der Waals surface area contributed by atoms with Crippen molar-refractivity contribution in [3.8, 4) is 5.75 Å². The van der Waals surface area contributed by atoms with Gasteiger partial charge in [-0.05, 0) is 18.9 Å². The smallest absolute Gasteiger partial charge is 0.314 e. The Hall–Kier alpha value is -1.62. The highest BCUT2D eigenvalue weighted by molar-refractivity contribution is 5.82. The molecular formula is C12H13FO4. The Morgan fingerprint density at radius 1 is 1.35 bits per heavy atom. The Balaban J connectivity index is 2.53. The number of benzene rings is 1. The number of carbonyl (C=O) groups is 1. The Morgan fingerprint density at radius 3 is 2.59 bits per heavy atom. The molecule has 0 atom stereocenters. The molecule has 0 saturated carbocycles. The maximum absolute atomic E-state index is 13.3. The third-order valence-corrected chi connectivity index (χ3v) is 3.26. The van der Waals surface area contributed by atoms with Crippen molar-refractivity contribution < 1.29 is 24.1 Å². The summed E-state index contributed by atoms with van der Waals surface area (Å²) in [5.41, 5.74) is -1.11. The molecule has 2 N–H and O–H groups in total. The Bertz CT molecular complexity index is 438. The predicted molar refractivity (Wildman–Crippen MR) is 57.4 cm³/mol. The molecule has 1 aromatic rings. The average Bonchev–Trinajstić information content (AvgIpc) is 2.33. The molecular weight excluding hydrogens is 227 g/mol. The van der Waals surface area contributed by atoms with Gasteiger partial charge in [-0.1, -0.05) is 12.1 Å². The topological polar surface area (TPSA) is 66.8 Å². The van der Waals surface area contributed by atoms with E-state index in [2.05, 4.69) is 0 Å². The van der Waals surface area contributed by atoms with Crippen molar-refractivity contribution in [2.75, 3.05) is 13.2 Å². The molecule has 1 fully saturated rings. The van der Waals surface area contributed by atoms with Crippen LogP contribution < -0.4 is 0 Å². The summed E-state index contributed by atoms with van der Waals surface area (Å²) in [6.45, 7) is 0.588. The molecule has 1 aliphatic rings. The minimum absolute atomic E-state index is 0.133. The average molecular weight is 240 g/mol. The number of hydrogen-bond acceptors (Lipinski definition) is 3. The van der Waals surface area contributed by atoms with Crippen molar-refractivity contribution in [2.24, 2.45) is 0 Å². The van der Waals surface area contributed by atoms with Gasteiger partial charge in [0.2, 0.25) is 0 Å². The number of phenols is 1. The number of halogens is 1. The van der Waals surface area contributed by atoms with E-state index < -0.39 is 23.0 Å². The molecule has 0 spiro atoms. The van der Waals surface area contributed by atoms with E-state index in [0.717, 1.165) is 6.07 Å². The van der Waals surface area contributed by atoms with Crippen LogP contribution in [-0.2, 0) is 14.9 Å². The second-order valence-corrected chi connectivity index (χ2v) is 4.14. The summed E-state index contributed by atoms with van der Waals surface area (Å²) < 4.78 is 18.4. The van der Waals surface area contributed by atoms with Crippen LogP contribution in [0, 0.1) is 5.82 Å². The standard InChI is InChI=1S/C12H13FO4/c13-9-3-1-2-8(10(9)14)12(11(15)16)4-6-17-7-5-12/h1-3,14H,4-7H2,(H,15,16). The highest BCUT2D eigenvalue weighted by Crippen LogP contribution is 2.40. The highest BCUT2D eigenvalue weighted by Gasteiger charge is 2.44. The molecule has 0 radical (unpaired) electrons. The lowest BCUT2D eigenvalue weighted by molar-refractivity contribution is -0.147. The van der Waals surface area contributed by atoms with Crippen molar-refractivity contribution >= 4 is 5.97 Å². The molecule has 1 heterocycles. The molecule has 2 rings (SSSR count). The molecule has 0 amide bonds. The van der Waals surface area contributed by atoms with E-state index in [9.17, 15) is 19.4 Å². The van der Waals surface area contributed by atoms with Crippen molar-refractivity contribution in [3.63, 3.8) is 0 Å². The molecule has 1 saturated heterocycles. The van der Waals surface area contributed by atoms with Gasteiger partial charge in [-0.25, -0.2) is 4.39 Å². The predicted octanol–water partition coefficient (Wildman–Crippen LogP) is 1.66. The summed E-state index contributed by atoms with van der Waals surface area (Å²) in [5.74, 6) is -2.42. The van der Waals surface area contributed by atoms with Crippen LogP contribution in [0.2, 0.25) is 0 Å². The number of aliphatic carboxylic acids is 1. The number of carboxylic acids is 1. The maximum atomic E-state index is 13.3. The number of ether oxygens (including phenoxy) is 1. The van der Waals surface area contributed by atoms with Gasteiger partial charge in [0.1, 0.15) is 5.41 Å². The Morgan fingerprint density at radius 2 is 2.00 bits per heavy atom. The number of aromatic hydroxyl groups is 1. The molecule has 1 aromatic carbocycles. The van der Waals surface area contributed by atoms with Gasteiger partial charge < -0.3 is 14.9 Å². The normalized spacial score (nSPS) is 18.9. The van der Waals surface area contributed by atoms with Gasteiger partial charge in [0.05, 0.1) is 0 Å². The van der Waals surface area contributed by atoms with Crippen LogP contribution in [0.25, 0.3) is 0 Å². The third-order valence-electron chi connectivity index (χ3n) is 3.26. The first-order valence-corrected chi connectivity index (χ1v) is 5.37. The van der Waals surface area contributed by atoms with E-state index in [0.29, 0.717) is 13.2 Å². The number of para-hydroxylation sites is 1. The fourth-order valence-corrected chi connectivity index (χ4v) is 2.22. The van der Waals surface area contributed by atoms with Crippen LogP contribution in [-0.4, -0.2) is 29.4 Å². The first-order valence-electron chi connectivity index (χ1n) is 5.37. The Kier molecular flexibility index (Phi) is 3.02. The van der Waals surface area contributed by atoms with Crippen LogP contribution in [0.1, 0.15) is 18.4 Å². The fourth-order valence-electron chi connectivity index (χ4n) is 2.22. The number of rotatable bonds is 2. The lowest BCUT2D eigenvalue weighted by Gasteiger charge is -2.33. The largest absolute Gasteiger partial charge is 0.505 e. The van der Waals surface area contributed by atoms with Crippen molar-refractivity contribution in [3.05, 3.63) is 29.6 Å². The molecule has 0 unspecified atom stereocenters. The summed E-state index contributed by atoms with van der Waals surface area (Å²) in [5, 5.41) is 19.1. The monoisotopic (exact) mass is 240 g/mol. The van der Waals surface area contributed by atoms with Gasteiger partial charge in [0.25, 0.3) is 0 Å². The molecule has 1 aliphatic heterocycles. The van der Waals surface area contributed by atoms with Gasteiger partial charge >= 0.3 is 5.97 Å². The molecule has 0 bridgehead atoms. The summed E-state index contributed by atoms with van der Waals surface area (Å²) in [6, 6.07) is 3.97. The van der Waals surface area contributed by atoms with Crippen molar-refractivity contribution in [1.29, 1.82) is 0 Å². The maximum Gasteiger partial charge on any atom is 0.314 e. The van der Waals surface area contributed by atoms with E-state index >= 15 is 0 Å². The number of hydrogen-bond donors (Lipinski definition) is 2. The van der Waals surface area contributed by atoms with Crippen LogP contribution in [0.5, 0.6) is 5.75 Å². The van der Waals surface area contributed by atoms with Crippen LogP contribution in [0.15, 0.2) is 18.2 Å². The van der Waals surface area contributed by atoms with E-state index in [1.54, 1.807) is 0 Å². The van der Waals surface area contributed by atoms with Gasteiger partial charge in [-0.3, -0.25) is 4.79 Å². The van der Waals surface area contributed by atoms with E-state index in [1.807, 2.05) is 0 Å². The second kappa shape index (κ2) is 4.33. The molecule has 0 aromatic heterocycles. The van der Waals surface area contributed by atoms with Gasteiger partial charge in [-0.2, -0.15) is 0 Å². The summed E-state index contributed by atoms with van der Waals surface area (Å²) in [7, 11) is 0. The molecule has 5 heteroatoms. The molecule has 92 valence electrons. The first kappa shape index (κ1) is 11.9. The zero-order valence-electron chi connectivity index (χ0n) is 9.15. The number of carboxylic acid groups (broad SMARTS) is 1. The fraction of sp³-hybridized carbons (Fsp3) is 0.417. The van der Waals surface area contributed by atoms with Gasteiger partial charge in [0, 0.05) is 18.8 Å². The summed E-state index contributed by atoms with van der Waals surface area (Å²) >= 11 is 0. The number of phenolic OH excluding ortho intramolecular Hbond substituents is 1. The van der Waals surface area contributed by atoms with E-state index in [-0.39, 0.29) is 18.4 Å². The van der Waals surface area contributed by atoms with Crippen LogP contribution >= 0.6 is 0 Å². The Labute approximate surface area is 97.6 Å². The zero-order chi connectivity index (χ0) is 12.5. The SMILES string of the molecule is O=C(O)C1(c2cccc(F)c2O)CCOCC1. The molecule has 0 aliphatic carbocycles. The molecule has 4 nitrogen and oxygen atoms in total. The van der Waals surface area contributed by atoms with E-state index in [4.69, 9.17) is 4.74 Å². The van der Waals surface area contributed by atoms with Crippen LogP contribution in [0.4, 0.5) is 4.39 Å². The first-order chi connectivity index (χ1) is 8.08. The van der Waals surface area contributed by atoms with E-state index in [1.165, 1.54) is 12.1 Å². The minimum atomic E-state index is -1.25. The lowest BCUT2D eigenvalue weighted by atomic mass is 9.74. The zero-order valence-corrected chi connectivity index (χ0v) is 9.15. The van der Waals surface area contributed by atoms with Gasteiger partial charge in [0.15, 0.2) is 11.6 Å². The summed E-state index contributed by atoms with van der Waals surface area (Å²) in [4.78, 5) is 11.5. The minimum Gasteiger partial charge on any atom is -0.505 e. The highest BCUT2D eigenvalue weighted by atomic mass is 19.1. The van der Waals surface area contributed by atoms with Crippen LogP contribution in [0.3, 0.4) is 0 Å². The molecule has 17 heavy (non-hydrogen) atoms.